The highest BCUT2D eigenvalue weighted by Gasteiger charge is 2.17. The first-order chi connectivity index (χ1) is 11.9. The zero-order chi connectivity index (χ0) is 18.4. The molecule has 0 radical (unpaired) electrons. The first-order valence-electron chi connectivity index (χ1n) is 7.02. The Hall–Kier alpha value is -2.94. The Bertz CT molecular complexity index is 821. The van der Waals surface area contributed by atoms with Crippen LogP contribution in [0.5, 0.6) is 11.5 Å². The van der Waals surface area contributed by atoms with Crippen LogP contribution in [0.2, 0.25) is 0 Å². The third kappa shape index (κ3) is 5.01. The number of rotatable bonds is 6. The first-order valence-corrected chi connectivity index (χ1v) is 7.81. The van der Waals surface area contributed by atoms with Gasteiger partial charge in [-0.25, -0.2) is 5.43 Å². The van der Waals surface area contributed by atoms with E-state index in [2.05, 4.69) is 26.5 Å². The van der Waals surface area contributed by atoms with Crippen LogP contribution in [0, 0.1) is 10.1 Å². The van der Waals surface area contributed by atoms with E-state index in [1.54, 1.807) is 31.4 Å². The third-order valence-electron chi connectivity index (χ3n) is 3.20. The zero-order valence-electron chi connectivity index (χ0n) is 13.1. The number of phenols is 1. The quantitative estimate of drug-likeness (QED) is 0.434. The Morgan fingerprint density at radius 1 is 1.40 bits per heavy atom. The number of aromatic hydroxyl groups is 1. The van der Waals surface area contributed by atoms with Gasteiger partial charge in [-0.05, 0) is 23.8 Å². The topological polar surface area (TPSA) is 114 Å². The third-order valence-corrected chi connectivity index (χ3v) is 3.66. The van der Waals surface area contributed by atoms with Gasteiger partial charge in [0.25, 0.3) is 0 Å². The second-order valence-electron chi connectivity index (χ2n) is 4.94. The second kappa shape index (κ2) is 8.25. The van der Waals surface area contributed by atoms with Crippen LogP contribution in [0.3, 0.4) is 0 Å². The van der Waals surface area contributed by atoms with Crippen LogP contribution in [-0.4, -0.2) is 29.3 Å². The smallest absolute Gasteiger partial charge is 0.312 e. The Morgan fingerprint density at radius 3 is 2.68 bits per heavy atom. The fourth-order valence-electron chi connectivity index (χ4n) is 1.99. The number of amides is 1. The summed E-state index contributed by atoms with van der Waals surface area (Å²) in [7, 11) is 1.55. The van der Waals surface area contributed by atoms with E-state index in [-0.39, 0.29) is 17.9 Å². The van der Waals surface area contributed by atoms with Crippen LogP contribution in [0.15, 0.2) is 46.0 Å². The van der Waals surface area contributed by atoms with Crippen molar-refractivity contribution < 1.29 is 19.6 Å². The van der Waals surface area contributed by atoms with Gasteiger partial charge < -0.3 is 9.84 Å². The average molecular weight is 408 g/mol. The molecule has 2 aromatic rings. The number of nitro groups is 1. The van der Waals surface area contributed by atoms with E-state index in [1.807, 2.05) is 0 Å². The molecular weight excluding hydrogens is 394 g/mol. The Labute approximate surface area is 151 Å². The largest absolute Gasteiger partial charge is 0.502 e. The number of carbonyl (C=O) groups is 1. The number of hydrogen-bond donors (Lipinski definition) is 2. The van der Waals surface area contributed by atoms with Gasteiger partial charge in [0.2, 0.25) is 11.7 Å². The van der Waals surface area contributed by atoms with Crippen molar-refractivity contribution in [3.05, 3.63) is 62.1 Å². The van der Waals surface area contributed by atoms with Gasteiger partial charge in [-0.2, -0.15) is 5.10 Å². The van der Waals surface area contributed by atoms with Crippen molar-refractivity contribution in [1.29, 1.82) is 0 Å². The van der Waals surface area contributed by atoms with Crippen molar-refractivity contribution in [3.63, 3.8) is 0 Å². The molecule has 2 rings (SSSR count). The van der Waals surface area contributed by atoms with Crippen molar-refractivity contribution in [2.45, 2.75) is 6.42 Å². The molecule has 0 saturated carbocycles. The minimum absolute atomic E-state index is 0.103. The first kappa shape index (κ1) is 18.4. The van der Waals surface area contributed by atoms with Gasteiger partial charge in [0.15, 0.2) is 0 Å². The number of phenolic OH excluding ortho intramolecular Hbond substituents is 1. The number of nitro benzene ring substituents is 1. The normalized spacial score (nSPS) is 10.6. The summed E-state index contributed by atoms with van der Waals surface area (Å²) >= 11 is 3.12. The number of ether oxygens (including phenoxy) is 1. The Balaban J connectivity index is 2.02. The highest BCUT2D eigenvalue weighted by atomic mass is 79.9. The number of carbonyl (C=O) groups excluding carboxylic acids is 1. The minimum Gasteiger partial charge on any atom is -0.502 e. The number of benzene rings is 2. The summed E-state index contributed by atoms with van der Waals surface area (Å²) in [5.41, 5.74) is 2.72. The highest BCUT2D eigenvalue weighted by Crippen LogP contribution is 2.32. The van der Waals surface area contributed by atoms with Gasteiger partial charge >= 0.3 is 5.69 Å². The lowest BCUT2D eigenvalue weighted by atomic mass is 10.1. The maximum absolute atomic E-state index is 11.8. The van der Waals surface area contributed by atoms with Gasteiger partial charge in [-0.1, -0.05) is 28.1 Å². The van der Waals surface area contributed by atoms with Gasteiger partial charge in [-0.15, -0.1) is 0 Å². The standard InChI is InChI=1S/C16H14BrN3O5/c1-25-13-4-2-10(3-5-13)6-15(21)19-18-9-11-7-12(17)8-14(16(11)22)20(23)24/h2-5,7-9,22H,6H2,1H3,(H,19,21)/b18-9-. The predicted molar refractivity (Wildman–Crippen MR) is 94.9 cm³/mol. The second-order valence-corrected chi connectivity index (χ2v) is 5.85. The monoisotopic (exact) mass is 407 g/mol. The summed E-state index contributed by atoms with van der Waals surface area (Å²) in [6.07, 6.45) is 1.24. The van der Waals surface area contributed by atoms with Gasteiger partial charge in [0, 0.05) is 16.1 Å². The van der Waals surface area contributed by atoms with E-state index < -0.39 is 16.4 Å². The predicted octanol–water partition coefficient (Wildman–Crippen LogP) is 2.76. The molecule has 0 aliphatic rings. The summed E-state index contributed by atoms with van der Waals surface area (Å²) < 4.78 is 5.44. The van der Waals surface area contributed by atoms with Crippen LogP contribution < -0.4 is 10.2 Å². The van der Waals surface area contributed by atoms with Crippen LogP contribution in [-0.2, 0) is 11.2 Å². The lowest BCUT2D eigenvalue weighted by molar-refractivity contribution is -0.385. The van der Waals surface area contributed by atoms with Crippen molar-refractivity contribution in [2.75, 3.05) is 7.11 Å². The minimum atomic E-state index is -0.709. The lowest BCUT2D eigenvalue weighted by Crippen LogP contribution is -2.19. The average Bonchev–Trinajstić information content (AvgIpc) is 2.58. The molecule has 0 bridgehead atoms. The van der Waals surface area contributed by atoms with Crippen molar-refractivity contribution in [1.82, 2.24) is 5.43 Å². The summed E-state index contributed by atoms with van der Waals surface area (Å²) in [5, 5.41) is 24.4. The SMILES string of the molecule is COc1ccc(CC(=O)N/N=C\c2cc(Br)cc([N+](=O)[O-])c2O)cc1. The van der Waals surface area contributed by atoms with Gasteiger partial charge in [0.05, 0.1) is 24.7 Å². The van der Waals surface area contributed by atoms with Crippen LogP contribution in [0.4, 0.5) is 5.69 Å². The molecule has 0 aliphatic heterocycles. The number of halogens is 1. The van der Waals surface area contributed by atoms with Gasteiger partial charge in [0.1, 0.15) is 5.75 Å². The molecule has 1 amide bonds. The maximum atomic E-state index is 11.8. The van der Waals surface area contributed by atoms with Crippen LogP contribution in [0.1, 0.15) is 11.1 Å². The molecule has 0 saturated heterocycles. The molecule has 0 heterocycles. The molecule has 2 aromatic carbocycles. The summed E-state index contributed by atoms with van der Waals surface area (Å²) in [5.74, 6) is -0.208. The molecule has 2 N–H and O–H groups in total. The molecule has 0 aliphatic carbocycles. The summed E-state index contributed by atoms with van der Waals surface area (Å²) in [4.78, 5) is 22.0. The number of hydrogen-bond acceptors (Lipinski definition) is 6. The highest BCUT2D eigenvalue weighted by molar-refractivity contribution is 9.10. The summed E-state index contributed by atoms with van der Waals surface area (Å²) in [6, 6.07) is 9.61. The number of hydrazone groups is 1. The fourth-order valence-corrected chi connectivity index (χ4v) is 2.45. The molecule has 0 atom stereocenters. The zero-order valence-corrected chi connectivity index (χ0v) is 14.7. The molecule has 0 aromatic heterocycles. The molecule has 0 spiro atoms. The lowest BCUT2D eigenvalue weighted by Gasteiger charge is -2.03. The van der Waals surface area contributed by atoms with E-state index >= 15 is 0 Å². The molecule has 130 valence electrons. The van der Waals surface area contributed by atoms with Crippen molar-refractivity contribution in [3.8, 4) is 11.5 Å². The fraction of sp³-hybridized carbons (Fsp3) is 0.125. The number of nitrogens with one attached hydrogen (secondary N) is 1. The van der Waals surface area contributed by atoms with Gasteiger partial charge in [-0.3, -0.25) is 14.9 Å². The van der Waals surface area contributed by atoms with Crippen LogP contribution in [0.25, 0.3) is 0 Å². The maximum Gasteiger partial charge on any atom is 0.312 e. The van der Waals surface area contributed by atoms with Crippen molar-refractivity contribution >= 4 is 33.7 Å². The Kier molecular flexibility index (Phi) is 6.07. The molecular formula is C16H14BrN3O5. The van der Waals surface area contributed by atoms with E-state index in [1.165, 1.54) is 12.1 Å². The molecule has 0 fully saturated rings. The molecule has 8 nitrogen and oxygen atoms in total. The van der Waals surface area contributed by atoms with Crippen LogP contribution >= 0.6 is 15.9 Å². The van der Waals surface area contributed by atoms with E-state index in [9.17, 15) is 20.0 Å². The summed E-state index contributed by atoms with van der Waals surface area (Å²) in [6.45, 7) is 0. The number of nitrogens with zero attached hydrogens (tertiary/aromatic N) is 2. The molecule has 9 heteroatoms. The number of methoxy groups -OCH3 is 1. The van der Waals surface area contributed by atoms with E-state index in [4.69, 9.17) is 4.74 Å². The van der Waals surface area contributed by atoms with E-state index in [0.29, 0.717) is 10.2 Å². The molecule has 25 heavy (non-hydrogen) atoms. The molecule has 0 unspecified atom stereocenters. The Morgan fingerprint density at radius 2 is 2.08 bits per heavy atom. The van der Waals surface area contributed by atoms with E-state index in [0.717, 1.165) is 11.8 Å². The van der Waals surface area contributed by atoms with Crippen molar-refractivity contribution in [2.24, 2.45) is 5.10 Å².